The van der Waals surface area contributed by atoms with Crippen LogP contribution in [0.25, 0.3) is 10.8 Å². The minimum atomic E-state index is -0.320. The zero-order valence-electron chi connectivity index (χ0n) is 9.92. The van der Waals surface area contributed by atoms with Crippen LogP contribution in [0, 0.1) is 0 Å². The topological polar surface area (TPSA) is 96.7 Å². The Labute approximate surface area is 108 Å². The predicted molar refractivity (Wildman–Crippen MR) is 72.7 cm³/mol. The number of hydrogen-bond donors (Lipinski definition) is 3. The number of aromatic amines is 1. The van der Waals surface area contributed by atoms with Crippen molar-refractivity contribution in [3.8, 4) is 0 Å². The van der Waals surface area contributed by atoms with Gasteiger partial charge in [-0.1, -0.05) is 12.1 Å². The van der Waals surface area contributed by atoms with Crippen LogP contribution in [0.15, 0.2) is 42.9 Å². The summed E-state index contributed by atoms with van der Waals surface area (Å²) in [6.07, 6.45) is 4.83. The number of nitrogen functional groups attached to an aromatic ring is 1. The molecule has 0 aliphatic rings. The highest BCUT2D eigenvalue weighted by Gasteiger charge is 2.12. The molecular weight excluding hydrogens is 242 g/mol. The van der Waals surface area contributed by atoms with E-state index in [9.17, 15) is 4.79 Å². The molecule has 0 aliphatic carbocycles. The van der Waals surface area contributed by atoms with E-state index in [1.165, 1.54) is 6.20 Å². The van der Waals surface area contributed by atoms with Crippen LogP contribution in [-0.2, 0) is 0 Å². The zero-order valence-corrected chi connectivity index (χ0v) is 9.92. The van der Waals surface area contributed by atoms with Crippen LogP contribution < -0.4 is 11.1 Å². The normalized spacial score (nSPS) is 10.5. The summed E-state index contributed by atoms with van der Waals surface area (Å²) in [7, 11) is 0. The molecule has 1 aromatic carbocycles. The molecule has 0 aliphatic heterocycles. The molecule has 1 amide bonds. The number of aromatic nitrogens is 3. The monoisotopic (exact) mass is 253 g/mol. The lowest BCUT2D eigenvalue weighted by Crippen LogP contribution is -2.14. The lowest BCUT2D eigenvalue weighted by Gasteiger charge is -2.07. The van der Waals surface area contributed by atoms with Crippen molar-refractivity contribution in [1.82, 2.24) is 15.2 Å². The van der Waals surface area contributed by atoms with Gasteiger partial charge in [0.2, 0.25) is 0 Å². The molecule has 0 spiro atoms. The Hall–Kier alpha value is -2.89. The first-order valence-corrected chi connectivity index (χ1v) is 5.68. The number of nitrogens with two attached hydrogens (primary N) is 1. The van der Waals surface area contributed by atoms with Crippen molar-refractivity contribution in [2.45, 2.75) is 0 Å². The van der Waals surface area contributed by atoms with E-state index >= 15 is 0 Å². The van der Waals surface area contributed by atoms with E-state index in [-0.39, 0.29) is 11.6 Å². The van der Waals surface area contributed by atoms with Gasteiger partial charge >= 0.3 is 0 Å². The molecule has 0 radical (unpaired) electrons. The summed E-state index contributed by atoms with van der Waals surface area (Å²) in [5.41, 5.74) is 6.92. The number of fused-ring (bicyclic) bond motifs is 1. The average molecular weight is 253 g/mol. The van der Waals surface area contributed by atoms with Gasteiger partial charge in [0.05, 0.1) is 11.9 Å². The average Bonchev–Trinajstić information content (AvgIpc) is 2.85. The first kappa shape index (κ1) is 11.2. The number of anilines is 2. The maximum atomic E-state index is 12.1. The largest absolute Gasteiger partial charge is 0.396 e. The van der Waals surface area contributed by atoms with Crippen molar-refractivity contribution in [2.24, 2.45) is 0 Å². The molecule has 19 heavy (non-hydrogen) atoms. The van der Waals surface area contributed by atoms with Gasteiger partial charge in [-0.2, -0.15) is 5.10 Å². The number of amides is 1. The zero-order chi connectivity index (χ0) is 13.2. The van der Waals surface area contributed by atoms with Crippen LogP contribution in [0.5, 0.6) is 0 Å². The third-order valence-electron chi connectivity index (χ3n) is 2.82. The number of hydrogen-bond acceptors (Lipinski definition) is 4. The molecule has 2 aromatic heterocycles. The lowest BCUT2D eigenvalue weighted by molar-refractivity contribution is 0.102. The molecule has 0 atom stereocenters. The highest BCUT2D eigenvalue weighted by Crippen LogP contribution is 2.23. The van der Waals surface area contributed by atoms with E-state index < -0.39 is 0 Å². The van der Waals surface area contributed by atoms with Gasteiger partial charge in [-0.25, -0.2) is 0 Å². The Morgan fingerprint density at radius 2 is 2.16 bits per heavy atom. The molecule has 6 heteroatoms. The maximum Gasteiger partial charge on any atom is 0.275 e. The standard InChI is InChI=1S/C13H11N5O/c14-10-7-16-18-12(10)13(19)17-11-3-1-2-8-6-15-5-4-9(8)11/h1-7H,14H2,(H,16,18)(H,17,19). The Balaban J connectivity index is 1.98. The molecule has 2 heterocycles. The highest BCUT2D eigenvalue weighted by molar-refractivity contribution is 6.10. The summed E-state index contributed by atoms with van der Waals surface area (Å²) in [5.74, 6) is -0.320. The third-order valence-corrected chi connectivity index (χ3v) is 2.82. The summed E-state index contributed by atoms with van der Waals surface area (Å²) in [6.45, 7) is 0. The molecule has 0 fully saturated rings. The van der Waals surface area contributed by atoms with Crippen LogP contribution >= 0.6 is 0 Å². The van der Waals surface area contributed by atoms with E-state index in [2.05, 4.69) is 20.5 Å². The van der Waals surface area contributed by atoms with Crippen molar-refractivity contribution in [3.63, 3.8) is 0 Å². The van der Waals surface area contributed by atoms with Crippen molar-refractivity contribution in [2.75, 3.05) is 11.1 Å². The van der Waals surface area contributed by atoms with Crippen molar-refractivity contribution < 1.29 is 4.79 Å². The van der Waals surface area contributed by atoms with Crippen molar-refractivity contribution >= 4 is 28.1 Å². The number of nitrogens with one attached hydrogen (secondary N) is 2. The van der Waals surface area contributed by atoms with Gasteiger partial charge in [-0.05, 0) is 12.1 Å². The molecule has 4 N–H and O–H groups in total. The van der Waals surface area contributed by atoms with E-state index in [1.807, 2.05) is 24.3 Å². The summed E-state index contributed by atoms with van der Waals surface area (Å²) in [5, 5.41) is 11.0. The predicted octanol–water partition coefficient (Wildman–Crippen LogP) is 1.79. The van der Waals surface area contributed by atoms with E-state index in [1.54, 1.807) is 12.4 Å². The van der Waals surface area contributed by atoms with Gasteiger partial charge in [0.25, 0.3) is 5.91 Å². The minimum absolute atomic E-state index is 0.256. The lowest BCUT2D eigenvalue weighted by atomic mass is 10.1. The minimum Gasteiger partial charge on any atom is -0.396 e. The van der Waals surface area contributed by atoms with E-state index in [0.717, 1.165) is 10.8 Å². The van der Waals surface area contributed by atoms with Gasteiger partial charge in [0.15, 0.2) is 0 Å². The molecule has 6 nitrogen and oxygen atoms in total. The Kier molecular flexibility index (Phi) is 2.60. The molecular formula is C13H11N5O. The summed E-state index contributed by atoms with van der Waals surface area (Å²) >= 11 is 0. The molecule has 0 saturated heterocycles. The van der Waals surface area contributed by atoms with Gasteiger partial charge in [0.1, 0.15) is 5.69 Å². The molecule has 94 valence electrons. The fraction of sp³-hybridized carbons (Fsp3) is 0. The van der Waals surface area contributed by atoms with Gasteiger partial charge in [-0.15, -0.1) is 0 Å². The second-order valence-corrected chi connectivity index (χ2v) is 4.06. The number of pyridine rings is 1. The fourth-order valence-electron chi connectivity index (χ4n) is 1.89. The number of H-pyrrole nitrogens is 1. The van der Waals surface area contributed by atoms with E-state index in [0.29, 0.717) is 11.4 Å². The molecule has 0 saturated carbocycles. The number of carbonyl (C=O) groups excluding carboxylic acids is 1. The SMILES string of the molecule is Nc1cn[nH]c1C(=O)Nc1cccc2cnccc12. The fourth-order valence-corrected chi connectivity index (χ4v) is 1.89. The summed E-state index contributed by atoms with van der Waals surface area (Å²) in [4.78, 5) is 16.1. The number of carbonyl (C=O) groups is 1. The van der Waals surface area contributed by atoms with E-state index in [4.69, 9.17) is 5.73 Å². The number of benzene rings is 1. The van der Waals surface area contributed by atoms with Gasteiger partial charge in [-0.3, -0.25) is 14.9 Å². The van der Waals surface area contributed by atoms with Crippen LogP contribution in [0.1, 0.15) is 10.5 Å². The Morgan fingerprint density at radius 3 is 2.95 bits per heavy atom. The quantitative estimate of drug-likeness (QED) is 0.648. The third kappa shape index (κ3) is 1.99. The summed E-state index contributed by atoms with van der Waals surface area (Å²) in [6, 6.07) is 7.46. The highest BCUT2D eigenvalue weighted by atomic mass is 16.2. The molecule has 0 bridgehead atoms. The van der Waals surface area contributed by atoms with Gasteiger partial charge in [0, 0.05) is 28.9 Å². The van der Waals surface area contributed by atoms with Crippen LogP contribution in [0.3, 0.4) is 0 Å². The van der Waals surface area contributed by atoms with Gasteiger partial charge < -0.3 is 11.1 Å². The second-order valence-electron chi connectivity index (χ2n) is 4.06. The van der Waals surface area contributed by atoms with Crippen LogP contribution in [-0.4, -0.2) is 21.1 Å². The van der Waals surface area contributed by atoms with Crippen LogP contribution in [0.2, 0.25) is 0 Å². The summed E-state index contributed by atoms with van der Waals surface area (Å²) < 4.78 is 0. The first-order valence-electron chi connectivity index (χ1n) is 5.68. The maximum absolute atomic E-state index is 12.1. The molecule has 3 aromatic rings. The number of rotatable bonds is 2. The Bertz CT molecular complexity index is 744. The smallest absolute Gasteiger partial charge is 0.275 e. The number of nitrogens with zero attached hydrogens (tertiary/aromatic N) is 2. The second kappa shape index (κ2) is 4.41. The molecule has 0 unspecified atom stereocenters. The van der Waals surface area contributed by atoms with Crippen molar-refractivity contribution in [3.05, 3.63) is 48.5 Å². The van der Waals surface area contributed by atoms with Crippen LogP contribution in [0.4, 0.5) is 11.4 Å². The Morgan fingerprint density at radius 1 is 1.26 bits per heavy atom. The molecule has 3 rings (SSSR count). The van der Waals surface area contributed by atoms with Crippen molar-refractivity contribution in [1.29, 1.82) is 0 Å². The first-order chi connectivity index (χ1) is 9.25.